The summed E-state index contributed by atoms with van der Waals surface area (Å²) in [6, 6.07) is 11.1. The summed E-state index contributed by atoms with van der Waals surface area (Å²) in [5.41, 5.74) is 0.437. The number of nitrogens with one attached hydrogen (secondary N) is 1. The lowest BCUT2D eigenvalue weighted by atomic mass is 9.98. The normalized spacial score (nSPS) is 11.3. The fourth-order valence-corrected chi connectivity index (χ4v) is 3.43. The molecule has 0 saturated heterocycles. The molecular weight excluding hydrogens is 354 g/mol. The summed E-state index contributed by atoms with van der Waals surface area (Å²) in [6.45, 7) is 6.68. The highest BCUT2D eigenvalue weighted by Crippen LogP contribution is 2.28. The molecule has 25 heavy (non-hydrogen) atoms. The van der Waals surface area contributed by atoms with Crippen LogP contribution in [-0.2, 0) is 12.0 Å². The van der Waals surface area contributed by atoms with E-state index < -0.39 is 0 Å². The summed E-state index contributed by atoms with van der Waals surface area (Å²) < 4.78 is 5.75. The van der Waals surface area contributed by atoms with Crippen molar-refractivity contribution in [2.75, 3.05) is 5.32 Å². The van der Waals surface area contributed by atoms with E-state index in [-0.39, 0.29) is 11.3 Å². The third kappa shape index (κ3) is 4.64. The Bertz CT molecular complexity index is 851. The number of anilines is 1. The molecule has 0 spiro atoms. The van der Waals surface area contributed by atoms with Crippen molar-refractivity contribution in [1.29, 1.82) is 0 Å². The lowest BCUT2D eigenvalue weighted by Gasteiger charge is -2.12. The van der Waals surface area contributed by atoms with Gasteiger partial charge in [0.05, 0.1) is 0 Å². The average Bonchev–Trinajstić information content (AvgIpc) is 3.24. The second kappa shape index (κ2) is 7.33. The largest absolute Gasteiger partial charge is 0.488 e. The minimum absolute atomic E-state index is 0.0871. The van der Waals surface area contributed by atoms with Gasteiger partial charge >= 0.3 is 0 Å². The lowest BCUT2D eigenvalue weighted by Crippen LogP contribution is -2.11. The number of nitrogens with zero attached hydrogens (tertiary/aromatic N) is 2. The predicted octanol–water partition coefficient (Wildman–Crippen LogP) is 4.73. The van der Waals surface area contributed by atoms with Gasteiger partial charge < -0.3 is 4.74 Å². The van der Waals surface area contributed by atoms with Crippen LogP contribution in [0, 0.1) is 0 Å². The van der Waals surface area contributed by atoms with Gasteiger partial charge in [-0.1, -0.05) is 44.2 Å². The summed E-state index contributed by atoms with van der Waals surface area (Å²) in [5, 5.41) is 14.4. The molecule has 1 amide bonds. The molecule has 0 radical (unpaired) electrons. The molecule has 130 valence electrons. The fourth-order valence-electron chi connectivity index (χ4n) is 2.02. The Morgan fingerprint density at radius 2 is 2.04 bits per heavy atom. The van der Waals surface area contributed by atoms with Crippen molar-refractivity contribution in [3.63, 3.8) is 0 Å². The molecule has 2 heterocycles. The third-order valence-corrected chi connectivity index (χ3v) is 5.46. The Labute approximate surface area is 154 Å². The number of carbonyl (C=O) groups excluding carboxylic acids is 1. The number of thiophene rings is 1. The van der Waals surface area contributed by atoms with Crippen molar-refractivity contribution >= 4 is 33.7 Å². The van der Waals surface area contributed by atoms with Crippen LogP contribution in [0.15, 0.2) is 41.8 Å². The highest BCUT2D eigenvalue weighted by molar-refractivity contribution is 7.15. The van der Waals surface area contributed by atoms with Gasteiger partial charge in [0.2, 0.25) is 5.13 Å². The van der Waals surface area contributed by atoms with Crippen LogP contribution in [0.5, 0.6) is 5.75 Å². The van der Waals surface area contributed by atoms with Gasteiger partial charge in [0.1, 0.15) is 17.4 Å². The Hall–Kier alpha value is -2.25. The summed E-state index contributed by atoms with van der Waals surface area (Å²) in [6.07, 6.45) is 0. The van der Waals surface area contributed by atoms with Gasteiger partial charge in [-0.2, -0.15) is 0 Å². The first-order chi connectivity index (χ1) is 11.9. The van der Waals surface area contributed by atoms with E-state index in [9.17, 15) is 4.79 Å². The van der Waals surface area contributed by atoms with Crippen LogP contribution in [0.25, 0.3) is 0 Å². The number of amides is 1. The maximum Gasteiger partial charge on any atom is 0.257 e. The quantitative estimate of drug-likeness (QED) is 0.702. The van der Waals surface area contributed by atoms with Crippen LogP contribution in [0.3, 0.4) is 0 Å². The van der Waals surface area contributed by atoms with Gasteiger partial charge in [0.25, 0.3) is 5.91 Å². The zero-order valence-electron chi connectivity index (χ0n) is 14.3. The number of hydrogen-bond donors (Lipinski definition) is 1. The van der Waals surface area contributed by atoms with Gasteiger partial charge in [-0.25, -0.2) is 0 Å². The van der Waals surface area contributed by atoms with E-state index in [1.54, 1.807) is 29.5 Å². The average molecular weight is 374 g/mol. The standard InChI is InChI=1S/C18H19N3O2S2/c1-18(2,3)16-20-21-17(25-16)19-15(22)12-6-4-7-13(10-12)23-11-14-8-5-9-24-14/h4-10H,11H2,1-3H3,(H,19,21,22). The molecule has 3 rings (SSSR count). The monoisotopic (exact) mass is 373 g/mol. The van der Waals surface area contributed by atoms with E-state index in [0.717, 1.165) is 9.88 Å². The molecular formula is C18H19N3O2S2. The van der Waals surface area contributed by atoms with Gasteiger partial charge in [0, 0.05) is 15.9 Å². The van der Waals surface area contributed by atoms with Gasteiger partial charge in [-0.15, -0.1) is 21.5 Å². The number of aromatic nitrogens is 2. The van der Waals surface area contributed by atoms with Crippen LogP contribution < -0.4 is 10.1 Å². The number of ether oxygens (including phenoxy) is 1. The van der Waals surface area contributed by atoms with E-state index >= 15 is 0 Å². The Balaban J connectivity index is 1.65. The van der Waals surface area contributed by atoms with E-state index in [1.807, 2.05) is 23.6 Å². The first kappa shape index (κ1) is 17.6. The highest BCUT2D eigenvalue weighted by Gasteiger charge is 2.20. The van der Waals surface area contributed by atoms with Gasteiger partial charge in [-0.05, 0) is 29.6 Å². The van der Waals surface area contributed by atoms with Crippen molar-refractivity contribution < 1.29 is 9.53 Å². The summed E-state index contributed by atoms with van der Waals surface area (Å²) in [7, 11) is 0. The smallest absolute Gasteiger partial charge is 0.257 e. The van der Waals surface area contributed by atoms with Crippen molar-refractivity contribution in [3.05, 3.63) is 57.2 Å². The maximum absolute atomic E-state index is 12.4. The second-order valence-electron chi connectivity index (χ2n) is 6.51. The predicted molar refractivity (Wildman–Crippen MR) is 102 cm³/mol. The van der Waals surface area contributed by atoms with E-state index in [2.05, 4.69) is 36.3 Å². The maximum atomic E-state index is 12.4. The molecule has 0 aliphatic rings. The molecule has 1 aromatic carbocycles. The Morgan fingerprint density at radius 1 is 1.20 bits per heavy atom. The Morgan fingerprint density at radius 3 is 2.72 bits per heavy atom. The third-order valence-electron chi connectivity index (χ3n) is 3.34. The summed E-state index contributed by atoms with van der Waals surface area (Å²) >= 11 is 3.03. The zero-order chi connectivity index (χ0) is 17.9. The number of benzene rings is 1. The Kier molecular flexibility index (Phi) is 5.15. The molecule has 7 heteroatoms. The minimum Gasteiger partial charge on any atom is -0.488 e. The molecule has 0 atom stereocenters. The van der Waals surface area contributed by atoms with Crippen molar-refractivity contribution in [1.82, 2.24) is 10.2 Å². The topological polar surface area (TPSA) is 64.1 Å². The second-order valence-corrected chi connectivity index (χ2v) is 8.52. The summed E-state index contributed by atoms with van der Waals surface area (Å²) in [4.78, 5) is 13.6. The van der Waals surface area contributed by atoms with E-state index in [4.69, 9.17) is 4.74 Å². The molecule has 0 fully saturated rings. The first-order valence-electron chi connectivity index (χ1n) is 7.82. The van der Waals surface area contributed by atoms with Crippen molar-refractivity contribution in [2.45, 2.75) is 32.8 Å². The van der Waals surface area contributed by atoms with Crippen LogP contribution in [0.2, 0.25) is 0 Å². The number of hydrogen-bond acceptors (Lipinski definition) is 6. The molecule has 2 aromatic heterocycles. The van der Waals surface area contributed by atoms with E-state index in [1.165, 1.54) is 11.3 Å². The van der Waals surface area contributed by atoms with Crippen LogP contribution in [0.4, 0.5) is 5.13 Å². The molecule has 5 nitrogen and oxygen atoms in total. The first-order valence-corrected chi connectivity index (χ1v) is 9.52. The minimum atomic E-state index is -0.224. The molecule has 0 bridgehead atoms. The van der Waals surface area contributed by atoms with E-state index in [0.29, 0.717) is 23.1 Å². The van der Waals surface area contributed by atoms with Crippen molar-refractivity contribution in [2.24, 2.45) is 0 Å². The SMILES string of the molecule is CC(C)(C)c1nnc(NC(=O)c2cccc(OCc3cccs3)c2)s1. The molecule has 0 aliphatic carbocycles. The van der Waals surface area contributed by atoms with Gasteiger partial charge in [0.15, 0.2) is 0 Å². The zero-order valence-corrected chi connectivity index (χ0v) is 15.9. The molecule has 0 aliphatic heterocycles. The molecule has 1 N–H and O–H groups in total. The van der Waals surface area contributed by atoms with Crippen LogP contribution in [-0.4, -0.2) is 16.1 Å². The van der Waals surface area contributed by atoms with Crippen LogP contribution in [0.1, 0.15) is 41.0 Å². The van der Waals surface area contributed by atoms with Crippen LogP contribution >= 0.6 is 22.7 Å². The number of rotatable bonds is 5. The molecule has 0 unspecified atom stereocenters. The number of carbonyl (C=O) groups is 1. The highest BCUT2D eigenvalue weighted by atomic mass is 32.1. The molecule has 3 aromatic rings. The van der Waals surface area contributed by atoms with Gasteiger partial charge in [-0.3, -0.25) is 10.1 Å². The fraction of sp³-hybridized carbons (Fsp3) is 0.278. The lowest BCUT2D eigenvalue weighted by molar-refractivity contribution is 0.102. The van der Waals surface area contributed by atoms with Crippen molar-refractivity contribution in [3.8, 4) is 5.75 Å². The molecule has 0 saturated carbocycles. The summed E-state index contributed by atoms with van der Waals surface area (Å²) in [5.74, 6) is 0.437.